The summed E-state index contributed by atoms with van der Waals surface area (Å²) in [5, 5.41) is 53.7. The van der Waals surface area contributed by atoms with Crippen molar-refractivity contribution in [3.63, 3.8) is 0 Å². The van der Waals surface area contributed by atoms with Crippen LogP contribution in [0.4, 0.5) is 10.5 Å². The third-order valence-electron chi connectivity index (χ3n) is 9.04. The third kappa shape index (κ3) is 19.8. The van der Waals surface area contributed by atoms with E-state index in [1.165, 1.54) is 0 Å². The van der Waals surface area contributed by atoms with Gasteiger partial charge in [0.05, 0.1) is 42.2 Å². The van der Waals surface area contributed by atoms with Crippen LogP contribution < -0.4 is 5.32 Å². The number of hydrogen-bond donors (Lipinski definition) is 5. The Bertz CT molecular complexity index is 1650. The van der Waals surface area contributed by atoms with Crippen molar-refractivity contribution in [3.05, 3.63) is 70.3 Å². The number of nitro groups is 1. The number of non-ortho nitro benzene ring substituents is 1. The second-order valence-corrected chi connectivity index (χ2v) is 15.8. The van der Waals surface area contributed by atoms with Crippen LogP contribution in [0.15, 0.2) is 59.5 Å². The number of hydrogen-bond acceptors (Lipinski definition) is 15. The summed E-state index contributed by atoms with van der Waals surface area (Å²) in [6, 6.07) is 12.4. The van der Waals surface area contributed by atoms with Crippen LogP contribution in [0.3, 0.4) is 0 Å². The van der Waals surface area contributed by atoms with E-state index in [-0.39, 0.29) is 238 Å². The molecule has 4 rings (SSSR count). The monoisotopic (exact) mass is 1710 g/mol. The number of benzene rings is 2. The Hall–Kier alpha value is 1.98. The van der Waals surface area contributed by atoms with Crippen LogP contribution in [0.5, 0.6) is 0 Å². The maximum Gasteiger partial charge on any atom is 0.407 e. The number of carbonyl (C=O) groups is 2. The van der Waals surface area contributed by atoms with E-state index in [1.807, 2.05) is 0 Å². The van der Waals surface area contributed by atoms with Gasteiger partial charge in [0.2, 0.25) is 10.0 Å². The Morgan fingerprint density at radius 2 is 1.63 bits per heavy atom. The smallest absolute Gasteiger partial charge is 0.407 e. The minimum atomic E-state index is -4.31. The molecule has 2 saturated heterocycles. The minimum Gasteiger partial charge on any atom is -0.459 e. The minimum absolute atomic E-state index is 0. The number of esters is 1. The molecule has 18 nitrogen and oxygen atoms in total. The number of rotatable bonds is 20. The van der Waals surface area contributed by atoms with Crippen molar-refractivity contribution in [1.82, 2.24) is 9.62 Å². The molecule has 2 aliphatic rings. The van der Waals surface area contributed by atoms with Gasteiger partial charge in [0, 0.05) is 214 Å². The largest absolute Gasteiger partial charge is 0.459 e. The first-order valence-corrected chi connectivity index (χ1v) is 19.6. The summed E-state index contributed by atoms with van der Waals surface area (Å²) in [5.74, 6) is -0.923. The Kier molecular flexibility index (Phi) is 32.1. The fourth-order valence-electron chi connectivity index (χ4n) is 6.10. The molecule has 0 spiro atoms. The van der Waals surface area contributed by atoms with Gasteiger partial charge in [-0.05, 0) is 42.9 Å². The molecule has 1 amide bonds. The Morgan fingerprint density at radius 3 is 2.20 bits per heavy atom. The first-order valence-electron chi connectivity index (χ1n) is 18.1. The van der Waals surface area contributed by atoms with Gasteiger partial charge in [-0.25, -0.2) is 13.2 Å². The van der Waals surface area contributed by atoms with Crippen molar-refractivity contribution in [2.75, 3.05) is 39.5 Å². The van der Waals surface area contributed by atoms with E-state index in [4.69, 9.17) is 23.7 Å². The van der Waals surface area contributed by atoms with Crippen LogP contribution in [0.1, 0.15) is 45.1 Å². The molecule has 3 unspecified atom stereocenters. The molecule has 318 valence electrons. The van der Waals surface area contributed by atoms with E-state index in [0.717, 1.165) is 34.1 Å². The number of unbranched alkanes of at least 4 members (excludes halogenated alkanes) is 1. The predicted octanol–water partition coefficient (Wildman–Crippen LogP) is 1.27. The molecule has 4 radical (unpaired) electrons. The number of nitrogens with zero attached hydrogens (tertiary/aromatic N) is 2. The Morgan fingerprint density at radius 1 is 0.966 bits per heavy atom. The molecule has 2 aromatic carbocycles. The van der Waals surface area contributed by atoms with Gasteiger partial charge in [-0.1, -0.05) is 44.2 Å². The molecule has 0 saturated carbocycles. The van der Waals surface area contributed by atoms with Crippen molar-refractivity contribution in [3.8, 4) is 0 Å². The maximum absolute atomic E-state index is 14.1. The molecule has 23 heteroatoms. The van der Waals surface area contributed by atoms with E-state index in [0.29, 0.717) is 13.0 Å². The summed E-state index contributed by atoms with van der Waals surface area (Å²) < 4.78 is 57.0. The topological polar surface area (TPSA) is 254 Å². The summed E-state index contributed by atoms with van der Waals surface area (Å²) in [7, 11) is -4.31. The van der Waals surface area contributed by atoms with E-state index >= 15 is 0 Å². The summed E-state index contributed by atoms with van der Waals surface area (Å²) in [4.78, 5) is 37.1. The summed E-state index contributed by atoms with van der Waals surface area (Å²) in [5.41, 5.74) is 0.454. The summed E-state index contributed by atoms with van der Waals surface area (Å²) in [6.07, 6.45) is -8.85. The molecule has 59 heavy (non-hydrogen) atoms. The quantitative estimate of drug-likeness (QED) is 0.0542. The molecule has 0 aromatic heterocycles. The van der Waals surface area contributed by atoms with Crippen LogP contribution >= 0.6 is 0 Å². The first-order chi connectivity index (χ1) is 26.2. The van der Waals surface area contributed by atoms with Crippen molar-refractivity contribution in [2.24, 2.45) is 5.92 Å². The zero-order valence-electron chi connectivity index (χ0n) is 33.1. The molecule has 8 atom stereocenters. The van der Waals surface area contributed by atoms with Gasteiger partial charge < -0.3 is 49.4 Å². The van der Waals surface area contributed by atoms with E-state index in [9.17, 15) is 48.5 Å². The molecule has 2 aromatic rings. The van der Waals surface area contributed by atoms with E-state index < -0.39 is 89.1 Å². The molecular formula is C36H51Ac4N3O15S. The molecule has 0 aliphatic carbocycles. The first kappa shape index (κ1) is 61.0. The fraction of sp³-hybridized carbons (Fsp3) is 0.611. The van der Waals surface area contributed by atoms with Crippen LogP contribution in [-0.4, -0.2) is 139 Å². The van der Waals surface area contributed by atoms with E-state index in [1.54, 1.807) is 44.2 Å². The molecule has 5 N–H and O–H groups in total. The van der Waals surface area contributed by atoms with Gasteiger partial charge >= 0.3 is 12.1 Å². The van der Waals surface area contributed by atoms with Gasteiger partial charge in [0.1, 0.15) is 36.6 Å². The number of ether oxygens (including phenoxy) is 5. The predicted molar refractivity (Wildman–Crippen MR) is 193 cm³/mol. The summed E-state index contributed by atoms with van der Waals surface area (Å²) >= 11 is 0. The normalized spacial score (nSPS) is 22.4. The standard InChI is InChI=1S/C36H51N3O15S.4Ac/c1-23(2)19-38(55(48,49)27-13-11-25(12-14-27)39(46)47)20-29(28(18-24-8-4-3-5-9-24)37-36(45)52-26-15-17-50-22-26)53-31(41)10-6-7-16-51-35-34(44)33(43)32(42)30(21-40)54-35;;;;/h3-5,8-9,11-14,23,26,28-30,32-35,40,42-44H,6-7,10,15-22H2,1-2H3,(H,37,45);;;;/t26-,28-,29+,30?,32+,33?,34-,35?;;;;/m0..../s1. The van der Waals surface area contributed by atoms with Crippen LogP contribution in [0, 0.1) is 192 Å². The second kappa shape index (κ2) is 31.0. The number of aliphatic hydroxyl groups excluding tert-OH is 4. The van der Waals surface area contributed by atoms with Gasteiger partial charge in [-0.2, -0.15) is 4.31 Å². The average molecular weight is 1710 g/mol. The number of alkyl carbamates (subject to hydrolysis) is 1. The van der Waals surface area contributed by atoms with E-state index in [2.05, 4.69) is 5.32 Å². The van der Waals surface area contributed by atoms with Crippen molar-refractivity contribution in [1.29, 1.82) is 0 Å². The third-order valence-corrected chi connectivity index (χ3v) is 10.9. The number of carbonyl (C=O) groups excluding carboxylic acids is 2. The van der Waals surface area contributed by atoms with Crippen molar-refractivity contribution < 1.29 is 243 Å². The number of amides is 1. The Balaban J connectivity index is 0.00000841. The fourth-order valence-corrected chi connectivity index (χ4v) is 7.72. The molecule has 2 fully saturated rings. The molecule has 2 heterocycles. The van der Waals surface area contributed by atoms with Gasteiger partial charge in [-0.3, -0.25) is 14.9 Å². The van der Waals surface area contributed by atoms with Gasteiger partial charge in [0.25, 0.3) is 5.69 Å². The van der Waals surface area contributed by atoms with Crippen molar-refractivity contribution in [2.45, 2.75) is 99.8 Å². The SMILES string of the molecule is CC(C)CN(C[C@@H](OC(=O)CCCCOC1OC(CO)[C@@H](O)C(O)[C@@H]1O)[C@H](Cc1ccccc1)NC(=O)O[C@H]1CCOC1)S(=O)(=O)c1ccc([N+](=O)[O-])cc1.[Ac].[Ac].[Ac].[Ac]. The van der Waals surface area contributed by atoms with Gasteiger partial charge in [-0.15, -0.1) is 0 Å². The number of nitrogens with one attached hydrogen (secondary N) is 1. The zero-order valence-corrected chi connectivity index (χ0v) is 52.9. The van der Waals surface area contributed by atoms with Crippen LogP contribution in [-0.2, 0) is 44.9 Å². The average Bonchev–Trinajstić information content (AvgIpc) is 3.67. The number of nitro benzene ring substituents is 1. The molecule has 0 bridgehead atoms. The number of sulfonamides is 1. The summed E-state index contributed by atoms with van der Waals surface area (Å²) in [6.45, 7) is 3.16. The Labute approximate surface area is 487 Å². The molecule has 2 aliphatic heterocycles. The van der Waals surface area contributed by atoms with Crippen molar-refractivity contribution >= 4 is 27.8 Å². The van der Waals surface area contributed by atoms with Gasteiger partial charge in [0.15, 0.2) is 6.29 Å². The maximum atomic E-state index is 14.1. The van der Waals surface area contributed by atoms with Crippen LogP contribution in [0.2, 0.25) is 0 Å². The molecular weight excluding hydrogens is 1650 g/mol. The van der Waals surface area contributed by atoms with Crippen LogP contribution in [0.25, 0.3) is 0 Å². The zero-order chi connectivity index (χ0) is 40.1. The second-order valence-electron chi connectivity index (χ2n) is 13.9. The number of aliphatic hydroxyl groups is 4.